The summed E-state index contributed by atoms with van der Waals surface area (Å²) in [6, 6.07) is 7.30. The molecule has 0 aromatic heterocycles. The van der Waals surface area contributed by atoms with Crippen molar-refractivity contribution in [1.29, 1.82) is 0 Å². The smallest absolute Gasteiger partial charge is 0.326 e. The Bertz CT molecular complexity index is 299. The lowest BCUT2D eigenvalue weighted by Crippen LogP contribution is -1.93. The summed E-state index contributed by atoms with van der Waals surface area (Å²) in [5.41, 5.74) is 1.73. The Balaban J connectivity index is 2.63. The molecule has 0 unspecified atom stereocenters. The fourth-order valence-electron chi connectivity index (χ4n) is 0.865. The molecule has 1 aromatic rings. The molecule has 1 rings (SSSR count). The van der Waals surface area contributed by atoms with Crippen molar-refractivity contribution in [3.05, 3.63) is 35.4 Å². The van der Waals surface area contributed by atoms with Gasteiger partial charge in [-0.25, -0.2) is 0 Å². The molecule has 0 saturated carbocycles. The lowest BCUT2D eigenvalue weighted by Gasteiger charge is -1.97. The Morgan fingerprint density at radius 3 is 2.69 bits per heavy atom. The number of oxime groups is 1. The SMILES string of the molecule is Cc1ccccc1/C=N\OC(F)F. The van der Waals surface area contributed by atoms with Crippen molar-refractivity contribution in [3.8, 4) is 0 Å². The highest BCUT2D eigenvalue weighted by Gasteiger charge is 1.98. The van der Waals surface area contributed by atoms with Crippen molar-refractivity contribution in [1.82, 2.24) is 0 Å². The lowest BCUT2D eigenvalue weighted by molar-refractivity contribution is -0.127. The van der Waals surface area contributed by atoms with Gasteiger partial charge in [-0.05, 0) is 18.1 Å². The van der Waals surface area contributed by atoms with Crippen LogP contribution in [-0.2, 0) is 4.84 Å². The minimum absolute atomic E-state index is 0.767. The predicted octanol–water partition coefficient (Wildman–Crippen LogP) is 2.57. The molecule has 0 fully saturated rings. The number of benzene rings is 1. The van der Waals surface area contributed by atoms with Crippen molar-refractivity contribution in [2.75, 3.05) is 0 Å². The van der Waals surface area contributed by atoms with Gasteiger partial charge in [0.2, 0.25) is 0 Å². The van der Waals surface area contributed by atoms with E-state index in [4.69, 9.17) is 0 Å². The Labute approximate surface area is 74.8 Å². The number of aryl methyl sites for hydroxylation is 1. The Kier molecular flexibility index (Phi) is 3.37. The highest BCUT2D eigenvalue weighted by Crippen LogP contribution is 2.04. The van der Waals surface area contributed by atoms with E-state index in [1.807, 2.05) is 19.1 Å². The second-order valence-electron chi connectivity index (χ2n) is 2.46. The van der Waals surface area contributed by atoms with Crippen LogP contribution in [-0.4, -0.2) is 12.8 Å². The van der Waals surface area contributed by atoms with Crippen LogP contribution in [0.4, 0.5) is 8.78 Å². The van der Waals surface area contributed by atoms with Gasteiger partial charge in [0.1, 0.15) is 0 Å². The zero-order valence-corrected chi connectivity index (χ0v) is 7.08. The molecule has 2 nitrogen and oxygen atoms in total. The summed E-state index contributed by atoms with van der Waals surface area (Å²) >= 11 is 0. The lowest BCUT2D eigenvalue weighted by atomic mass is 10.1. The van der Waals surface area contributed by atoms with E-state index in [1.54, 1.807) is 12.1 Å². The van der Waals surface area contributed by atoms with Crippen LogP contribution in [0, 0.1) is 6.92 Å². The second kappa shape index (κ2) is 4.54. The number of alkyl halides is 2. The maximum atomic E-state index is 11.5. The van der Waals surface area contributed by atoms with E-state index in [0.29, 0.717) is 0 Å². The molecule has 0 heterocycles. The van der Waals surface area contributed by atoms with E-state index in [9.17, 15) is 8.78 Å². The molecule has 0 saturated heterocycles. The van der Waals surface area contributed by atoms with Crippen LogP contribution in [0.5, 0.6) is 0 Å². The minimum atomic E-state index is -2.86. The van der Waals surface area contributed by atoms with Gasteiger partial charge in [0.05, 0.1) is 6.21 Å². The molecule has 4 heteroatoms. The summed E-state index contributed by atoms with van der Waals surface area (Å²) < 4.78 is 23.0. The molecule has 0 bridgehead atoms. The van der Waals surface area contributed by atoms with Crippen LogP contribution in [0.15, 0.2) is 29.4 Å². The average Bonchev–Trinajstić information content (AvgIpc) is 2.08. The van der Waals surface area contributed by atoms with Crippen LogP contribution < -0.4 is 0 Å². The highest BCUT2D eigenvalue weighted by molar-refractivity contribution is 5.80. The first kappa shape index (κ1) is 9.64. The van der Waals surface area contributed by atoms with Gasteiger partial charge in [0.15, 0.2) is 0 Å². The summed E-state index contributed by atoms with van der Waals surface area (Å²) in [5.74, 6) is 0. The van der Waals surface area contributed by atoms with Crippen LogP contribution in [0.2, 0.25) is 0 Å². The van der Waals surface area contributed by atoms with E-state index in [-0.39, 0.29) is 0 Å². The molecule has 13 heavy (non-hydrogen) atoms. The molecular formula is C9H9F2NO. The molecule has 0 aliphatic rings. The first-order chi connectivity index (χ1) is 6.20. The first-order valence-corrected chi connectivity index (χ1v) is 3.73. The molecule has 70 valence electrons. The van der Waals surface area contributed by atoms with Gasteiger partial charge < -0.3 is 4.84 Å². The second-order valence-corrected chi connectivity index (χ2v) is 2.46. The van der Waals surface area contributed by atoms with Gasteiger partial charge in [0.25, 0.3) is 0 Å². The number of rotatable bonds is 3. The minimum Gasteiger partial charge on any atom is -0.326 e. The van der Waals surface area contributed by atoms with Crippen molar-refractivity contribution in [3.63, 3.8) is 0 Å². The van der Waals surface area contributed by atoms with Gasteiger partial charge in [-0.1, -0.05) is 29.4 Å². The summed E-state index contributed by atoms with van der Waals surface area (Å²) in [6.45, 7) is -0.996. The van der Waals surface area contributed by atoms with E-state index in [1.165, 1.54) is 6.21 Å². The van der Waals surface area contributed by atoms with E-state index in [0.717, 1.165) is 11.1 Å². The van der Waals surface area contributed by atoms with Crippen LogP contribution in [0.3, 0.4) is 0 Å². The van der Waals surface area contributed by atoms with Gasteiger partial charge in [0, 0.05) is 0 Å². The predicted molar refractivity (Wildman–Crippen MR) is 45.9 cm³/mol. The molecule has 0 N–H and O–H groups in total. The third kappa shape index (κ3) is 3.19. The van der Waals surface area contributed by atoms with Crippen LogP contribution in [0.1, 0.15) is 11.1 Å². The van der Waals surface area contributed by atoms with Crippen LogP contribution in [0.25, 0.3) is 0 Å². The topological polar surface area (TPSA) is 21.6 Å². The summed E-state index contributed by atoms with van der Waals surface area (Å²) in [6.07, 6.45) is 1.27. The fraction of sp³-hybridized carbons (Fsp3) is 0.222. The molecule has 0 atom stereocenters. The average molecular weight is 185 g/mol. The molecule has 1 aromatic carbocycles. The van der Waals surface area contributed by atoms with Crippen molar-refractivity contribution < 1.29 is 13.6 Å². The van der Waals surface area contributed by atoms with Gasteiger partial charge in [-0.3, -0.25) is 0 Å². The Morgan fingerprint density at radius 2 is 2.08 bits per heavy atom. The van der Waals surface area contributed by atoms with Crippen LogP contribution >= 0.6 is 0 Å². The third-order valence-corrected chi connectivity index (χ3v) is 1.52. The zero-order chi connectivity index (χ0) is 9.68. The summed E-state index contributed by atoms with van der Waals surface area (Å²) in [4.78, 5) is 3.74. The normalized spacial score (nSPS) is 11.1. The van der Waals surface area contributed by atoms with Gasteiger partial charge in [-0.2, -0.15) is 8.78 Å². The maximum Gasteiger partial charge on any atom is 0.407 e. The van der Waals surface area contributed by atoms with Crippen molar-refractivity contribution >= 4 is 6.21 Å². The molecule has 0 aliphatic heterocycles. The van der Waals surface area contributed by atoms with E-state index in [2.05, 4.69) is 9.99 Å². The van der Waals surface area contributed by atoms with Gasteiger partial charge >= 0.3 is 6.61 Å². The zero-order valence-electron chi connectivity index (χ0n) is 7.08. The summed E-state index contributed by atoms with van der Waals surface area (Å²) in [7, 11) is 0. The number of hydrogen-bond acceptors (Lipinski definition) is 2. The molecular weight excluding hydrogens is 176 g/mol. The number of hydrogen-bond donors (Lipinski definition) is 0. The Morgan fingerprint density at radius 1 is 1.38 bits per heavy atom. The Hall–Kier alpha value is -1.45. The highest BCUT2D eigenvalue weighted by atomic mass is 19.3. The molecule has 0 amide bonds. The first-order valence-electron chi connectivity index (χ1n) is 3.73. The molecule has 0 spiro atoms. The standard InChI is InChI=1S/C9H9F2NO/c1-7-4-2-3-5-8(7)6-12-13-9(10)11/h2-6,9H,1H3/b12-6-. The number of nitrogens with zero attached hydrogens (tertiary/aromatic N) is 1. The fourth-order valence-corrected chi connectivity index (χ4v) is 0.865. The third-order valence-electron chi connectivity index (χ3n) is 1.52. The van der Waals surface area contributed by atoms with Crippen molar-refractivity contribution in [2.24, 2.45) is 5.16 Å². The molecule has 0 radical (unpaired) electrons. The van der Waals surface area contributed by atoms with Crippen molar-refractivity contribution in [2.45, 2.75) is 13.5 Å². The monoisotopic (exact) mass is 185 g/mol. The quantitative estimate of drug-likeness (QED) is 0.523. The number of halogens is 2. The molecule has 0 aliphatic carbocycles. The van der Waals surface area contributed by atoms with E-state index >= 15 is 0 Å². The van der Waals surface area contributed by atoms with Gasteiger partial charge in [-0.15, -0.1) is 0 Å². The maximum absolute atomic E-state index is 11.5. The largest absolute Gasteiger partial charge is 0.407 e. The van der Waals surface area contributed by atoms with E-state index < -0.39 is 6.61 Å². The summed E-state index contributed by atoms with van der Waals surface area (Å²) in [5, 5.41) is 3.13.